The molecule has 0 saturated carbocycles. The minimum atomic E-state index is -1.44. The molecule has 0 rings (SSSR count). The van der Waals surface area contributed by atoms with Gasteiger partial charge in [0.1, 0.15) is 0 Å². The van der Waals surface area contributed by atoms with Gasteiger partial charge in [-0.05, 0) is 0 Å². The molecular weight excluding hydrogens is 172 g/mol. The third kappa shape index (κ3) is 2.95. The lowest BCUT2D eigenvalue weighted by molar-refractivity contribution is -0.231. The van der Waals surface area contributed by atoms with E-state index in [2.05, 4.69) is 25.7 Å². The van der Waals surface area contributed by atoms with Crippen LogP contribution in [0, 0.1) is 0 Å². The third-order valence-corrected chi connectivity index (χ3v) is 8.41. The standard InChI is InChI=1S/C8H18O3Si/c1-4-12(5-2,6-3)7-8(9)11-10/h10H,4-7H2,1-3H3. The normalized spacial score (nSPS) is 11.3. The Balaban J connectivity index is 4.19. The monoisotopic (exact) mass is 190 g/mol. The van der Waals surface area contributed by atoms with Gasteiger partial charge >= 0.3 is 5.97 Å². The number of carbonyl (C=O) groups is 1. The summed E-state index contributed by atoms with van der Waals surface area (Å²) < 4.78 is 0. The fourth-order valence-corrected chi connectivity index (χ4v) is 4.39. The molecule has 0 aromatic heterocycles. The molecule has 0 unspecified atom stereocenters. The van der Waals surface area contributed by atoms with Crippen LogP contribution in [0.2, 0.25) is 24.2 Å². The van der Waals surface area contributed by atoms with Crippen molar-refractivity contribution in [3.8, 4) is 0 Å². The maximum Gasteiger partial charge on any atom is 0.339 e. The first-order chi connectivity index (χ1) is 5.64. The van der Waals surface area contributed by atoms with Gasteiger partial charge in [0.15, 0.2) is 0 Å². The summed E-state index contributed by atoms with van der Waals surface area (Å²) >= 11 is 0. The summed E-state index contributed by atoms with van der Waals surface area (Å²) in [6, 6.07) is 3.69. The summed E-state index contributed by atoms with van der Waals surface area (Å²) in [5.41, 5.74) is 0. The highest BCUT2D eigenvalue weighted by molar-refractivity contribution is 6.82. The maximum atomic E-state index is 10.9. The summed E-state index contributed by atoms with van der Waals surface area (Å²) in [5, 5.41) is 8.16. The molecular formula is C8H18O3Si. The zero-order valence-corrected chi connectivity index (χ0v) is 9.09. The van der Waals surface area contributed by atoms with Crippen LogP contribution in [0.15, 0.2) is 0 Å². The topological polar surface area (TPSA) is 46.5 Å². The largest absolute Gasteiger partial charge is 0.339 e. The summed E-state index contributed by atoms with van der Waals surface area (Å²) in [4.78, 5) is 14.6. The van der Waals surface area contributed by atoms with Crippen molar-refractivity contribution in [3.05, 3.63) is 0 Å². The molecule has 12 heavy (non-hydrogen) atoms. The van der Waals surface area contributed by atoms with Crippen LogP contribution in [0.4, 0.5) is 0 Å². The van der Waals surface area contributed by atoms with E-state index < -0.39 is 14.0 Å². The highest BCUT2D eigenvalue weighted by atomic mass is 28.3. The molecule has 72 valence electrons. The van der Waals surface area contributed by atoms with E-state index in [1.54, 1.807) is 0 Å². The lowest BCUT2D eigenvalue weighted by Gasteiger charge is -2.25. The molecule has 0 radical (unpaired) electrons. The van der Waals surface area contributed by atoms with Gasteiger partial charge in [-0.1, -0.05) is 38.9 Å². The van der Waals surface area contributed by atoms with E-state index >= 15 is 0 Å². The molecule has 4 heteroatoms. The molecule has 0 aliphatic rings. The van der Waals surface area contributed by atoms with Crippen molar-refractivity contribution < 1.29 is 14.9 Å². The molecule has 0 heterocycles. The van der Waals surface area contributed by atoms with Gasteiger partial charge in [-0.2, -0.15) is 5.26 Å². The molecule has 0 fully saturated rings. The van der Waals surface area contributed by atoms with Gasteiger partial charge in [0.05, 0.1) is 8.07 Å². The zero-order valence-electron chi connectivity index (χ0n) is 8.09. The van der Waals surface area contributed by atoms with Crippen molar-refractivity contribution >= 4 is 14.0 Å². The number of hydrogen-bond donors (Lipinski definition) is 1. The van der Waals surface area contributed by atoms with Gasteiger partial charge in [0.25, 0.3) is 0 Å². The molecule has 0 aliphatic heterocycles. The van der Waals surface area contributed by atoms with E-state index in [0.717, 1.165) is 18.1 Å². The fraction of sp³-hybridized carbons (Fsp3) is 0.875. The SMILES string of the molecule is CC[Si](CC)(CC)CC(=O)OO. The molecule has 0 spiro atoms. The highest BCUT2D eigenvalue weighted by Gasteiger charge is 2.30. The second kappa shape index (κ2) is 5.32. The van der Waals surface area contributed by atoms with E-state index in [1.807, 2.05) is 0 Å². The van der Waals surface area contributed by atoms with Crippen molar-refractivity contribution in [2.24, 2.45) is 0 Å². The molecule has 0 aromatic rings. The Hall–Kier alpha value is -0.353. The van der Waals surface area contributed by atoms with Crippen molar-refractivity contribution in [1.82, 2.24) is 0 Å². The van der Waals surface area contributed by atoms with Crippen molar-refractivity contribution in [1.29, 1.82) is 0 Å². The summed E-state index contributed by atoms with van der Waals surface area (Å²) in [6.07, 6.45) is 0. The molecule has 0 bridgehead atoms. The van der Waals surface area contributed by atoms with Crippen LogP contribution in [0.25, 0.3) is 0 Å². The molecule has 0 atom stereocenters. The highest BCUT2D eigenvalue weighted by Crippen LogP contribution is 2.25. The smallest absolute Gasteiger partial charge is 0.301 e. The van der Waals surface area contributed by atoms with Crippen LogP contribution in [0.3, 0.4) is 0 Å². The lowest BCUT2D eigenvalue weighted by atomic mass is 10.8. The molecule has 3 nitrogen and oxygen atoms in total. The Labute approximate surface area is 74.7 Å². The first-order valence-corrected chi connectivity index (χ1v) is 7.31. The Morgan fingerprint density at radius 1 is 1.25 bits per heavy atom. The summed E-state index contributed by atoms with van der Waals surface area (Å²) in [5.74, 6) is -0.466. The van der Waals surface area contributed by atoms with Crippen LogP contribution in [-0.4, -0.2) is 19.3 Å². The molecule has 0 aromatic carbocycles. The maximum absolute atomic E-state index is 10.9. The summed E-state index contributed by atoms with van der Waals surface area (Å²) in [6.45, 7) is 6.34. The first kappa shape index (κ1) is 11.6. The second-order valence-corrected chi connectivity index (χ2v) is 8.68. The predicted molar refractivity (Wildman–Crippen MR) is 50.7 cm³/mol. The predicted octanol–water partition coefficient (Wildman–Crippen LogP) is 2.51. The molecule has 0 aliphatic carbocycles. The van der Waals surface area contributed by atoms with Crippen molar-refractivity contribution in [2.45, 2.75) is 44.9 Å². The van der Waals surface area contributed by atoms with E-state index in [-0.39, 0.29) is 0 Å². The quantitative estimate of drug-likeness (QED) is 0.411. The Kier molecular flexibility index (Phi) is 5.16. The van der Waals surface area contributed by atoms with E-state index in [4.69, 9.17) is 5.26 Å². The molecule has 1 N–H and O–H groups in total. The van der Waals surface area contributed by atoms with Crippen LogP contribution in [0.1, 0.15) is 20.8 Å². The van der Waals surface area contributed by atoms with Crippen LogP contribution in [-0.2, 0) is 9.68 Å². The van der Waals surface area contributed by atoms with Gasteiger partial charge in [-0.25, -0.2) is 4.79 Å². The summed E-state index contributed by atoms with van der Waals surface area (Å²) in [7, 11) is -1.44. The van der Waals surface area contributed by atoms with Gasteiger partial charge in [-0.15, -0.1) is 0 Å². The van der Waals surface area contributed by atoms with Crippen LogP contribution < -0.4 is 0 Å². The average Bonchev–Trinajstić information content (AvgIpc) is 2.14. The van der Waals surface area contributed by atoms with Gasteiger partial charge in [0, 0.05) is 6.04 Å². The zero-order chi connectivity index (χ0) is 9.61. The lowest BCUT2D eigenvalue weighted by Crippen LogP contribution is -2.34. The van der Waals surface area contributed by atoms with Crippen LogP contribution in [0.5, 0.6) is 0 Å². The fourth-order valence-electron chi connectivity index (χ4n) is 1.46. The van der Waals surface area contributed by atoms with Gasteiger partial charge in [-0.3, -0.25) is 0 Å². The van der Waals surface area contributed by atoms with Gasteiger partial charge in [0.2, 0.25) is 0 Å². The number of rotatable bonds is 5. The Morgan fingerprint density at radius 3 is 1.92 bits per heavy atom. The third-order valence-electron chi connectivity index (χ3n) is 2.87. The van der Waals surface area contributed by atoms with Crippen molar-refractivity contribution in [3.63, 3.8) is 0 Å². The molecule has 0 amide bonds. The number of carbonyl (C=O) groups excluding carboxylic acids is 1. The van der Waals surface area contributed by atoms with Gasteiger partial charge < -0.3 is 4.89 Å². The van der Waals surface area contributed by atoms with Crippen molar-refractivity contribution in [2.75, 3.05) is 0 Å². The first-order valence-electron chi connectivity index (χ1n) is 4.48. The number of hydrogen-bond acceptors (Lipinski definition) is 3. The Bertz CT molecular complexity index is 135. The molecule has 0 saturated heterocycles. The van der Waals surface area contributed by atoms with E-state index in [1.165, 1.54) is 0 Å². The second-order valence-electron chi connectivity index (χ2n) is 3.20. The van der Waals surface area contributed by atoms with Crippen LogP contribution >= 0.6 is 0 Å². The minimum Gasteiger partial charge on any atom is -0.301 e. The van der Waals surface area contributed by atoms with E-state index in [0.29, 0.717) is 6.04 Å². The minimum absolute atomic E-state index is 0.451. The Morgan fingerprint density at radius 2 is 1.67 bits per heavy atom. The average molecular weight is 190 g/mol. The van der Waals surface area contributed by atoms with E-state index in [9.17, 15) is 4.79 Å².